The number of aromatic nitrogens is 1. The highest BCUT2D eigenvalue weighted by atomic mass is 35.5. The zero-order valence-electron chi connectivity index (χ0n) is 10.4. The first-order valence-electron chi connectivity index (χ1n) is 5.87. The smallest absolute Gasteiger partial charge is 0.253 e. The van der Waals surface area contributed by atoms with Gasteiger partial charge in [0.2, 0.25) is 0 Å². The molecule has 1 saturated heterocycles. The van der Waals surface area contributed by atoms with Gasteiger partial charge in [-0.1, -0.05) is 11.6 Å². The van der Waals surface area contributed by atoms with Gasteiger partial charge in [-0.3, -0.25) is 4.79 Å². The fraction of sp³-hybridized carbons (Fsp3) is 0.500. The molecule has 5 nitrogen and oxygen atoms in total. The predicted molar refractivity (Wildman–Crippen MR) is 70.1 cm³/mol. The van der Waals surface area contributed by atoms with Gasteiger partial charge in [-0.05, 0) is 19.4 Å². The Kier molecular flexibility index (Phi) is 4.04. The fourth-order valence-electron chi connectivity index (χ4n) is 1.92. The molecule has 1 aromatic rings. The summed E-state index contributed by atoms with van der Waals surface area (Å²) in [6.45, 7) is 2.63. The first-order chi connectivity index (χ1) is 8.61. The van der Waals surface area contributed by atoms with Crippen molar-refractivity contribution in [2.24, 2.45) is 0 Å². The summed E-state index contributed by atoms with van der Waals surface area (Å²) in [5.41, 5.74) is 0.426. The highest BCUT2D eigenvalue weighted by Gasteiger charge is 2.26. The standard InChI is InChI=1S/C12H16ClN3O2/c1-7-10(3-4-18-7)16-12(17)8-5-11(14-2)15-6-9(8)13/h5-7,10H,3-4H2,1-2H3,(H,14,15)(H,16,17). The molecule has 6 heteroatoms. The molecule has 2 unspecified atom stereocenters. The summed E-state index contributed by atoms with van der Waals surface area (Å²) in [7, 11) is 1.74. The van der Waals surface area contributed by atoms with Crippen LogP contribution in [0.4, 0.5) is 5.82 Å². The topological polar surface area (TPSA) is 63.2 Å². The molecule has 1 aromatic heterocycles. The summed E-state index contributed by atoms with van der Waals surface area (Å²) >= 11 is 5.99. The number of pyridine rings is 1. The molecule has 0 saturated carbocycles. The molecule has 1 amide bonds. The average Bonchev–Trinajstić information content (AvgIpc) is 2.75. The molecule has 0 bridgehead atoms. The maximum absolute atomic E-state index is 12.1. The second-order valence-corrected chi connectivity index (χ2v) is 4.65. The van der Waals surface area contributed by atoms with E-state index in [1.165, 1.54) is 6.20 Å². The third-order valence-electron chi connectivity index (χ3n) is 3.05. The monoisotopic (exact) mass is 269 g/mol. The van der Waals surface area contributed by atoms with Crippen molar-refractivity contribution in [3.8, 4) is 0 Å². The lowest BCUT2D eigenvalue weighted by Crippen LogP contribution is -2.39. The van der Waals surface area contributed by atoms with Crippen LogP contribution >= 0.6 is 11.6 Å². The van der Waals surface area contributed by atoms with E-state index >= 15 is 0 Å². The first-order valence-corrected chi connectivity index (χ1v) is 6.25. The van der Waals surface area contributed by atoms with Gasteiger partial charge in [0.25, 0.3) is 5.91 Å². The van der Waals surface area contributed by atoms with Crippen LogP contribution < -0.4 is 10.6 Å². The number of nitrogens with one attached hydrogen (secondary N) is 2. The van der Waals surface area contributed by atoms with Gasteiger partial charge in [0.05, 0.1) is 22.7 Å². The van der Waals surface area contributed by atoms with E-state index in [0.29, 0.717) is 23.0 Å². The summed E-state index contributed by atoms with van der Waals surface area (Å²) < 4.78 is 5.40. The van der Waals surface area contributed by atoms with E-state index in [0.717, 1.165) is 6.42 Å². The Balaban J connectivity index is 2.12. The molecule has 2 atom stereocenters. The van der Waals surface area contributed by atoms with Crippen molar-refractivity contribution in [1.82, 2.24) is 10.3 Å². The van der Waals surface area contributed by atoms with E-state index < -0.39 is 0 Å². The van der Waals surface area contributed by atoms with Gasteiger partial charge < -0.3 is 15.4 Å². The maximum Gasteiger partial charge on any atom is 0.253 e. The highest BCUT2D eigenvalue weighted by molar-refractivity contribution is 6.33. The number of hydrogen-bond donors (Lipinski definition) is 2. The number of carbonyl (C=O) groups excluding carboxylic acids is 1. The van der Waals surface area contributed by atoms with Crippen LogP contribution in [-0.2, 0) is 4.74 Å². The second-order valence-electron chi connectivity index (χ2n) is 4.24. The van der Waals surface area contributed by atoms with E-state index in [4.69, 9.17) is 16.3 Å². The molecule has 0 aliphatic carbocycles. The zero-order chi connectivity index (χ0) is 13.1. The fourth-order valence-corrected chi connectivity index (χ4v) is 2.11. The van der Waals surface area contributed by atoms with Crippen LogP contribution in [0.2, 0.25) is 5.02 Å². The van der Waals surface area contributed by atoms with Crippen LogP contribution in [0.25, 0.3) is 0 Å². The van der Waals surface area contributed by atoms with Crippen molar-refractivity contribution in [2.75, 3.05) is 19.0 Å². The Hall–Kier alpha value is -1.33. The Morgan fingerprint density at radius 1 is 1.61 bits per heavy atom. The van der Waals surface area contributed by atoms with Gasteiger partial charge in [-0.25, -0.2) is 4.98 Å². The molecule has 1 fully saturated rings. The minimum absolute atomic E-state index is 0.0401. The third kappa shape index (κ3) is 2.73. The first kappa shape index (κ1) is 13.1. The number of nitrogens with zero attached hydrogens (tertiary/aromatic N) is 1. The van der Waals surface area contributed by atoms with Crippen LogP contribution in [0.3, 0.4) is 0 Å². The lowest BCUT2D eigenvalue weighted by atomic mass is 10.1. The van der Waals surface area contributed by atoms with Gasteiger partial charge in [0, 0.05) is 19.9 Å². The average molecular weight is 270 g/mol. The summed E-state index contributed by atoms with van der Waals surface area (Å²) in [6, 6.07) is 1.68. The largest absolute Gasteiger partial charge is 0.376 e. The van der Waals surface area contributed by atoms with Crippen molar-refractivity contribution in [3.63, 3.8) is 0 Å². The minimum Gasteiger partial charge on any atom is -0.376 e. The quantitative estimate of drug-likeness (QED) is 0.876. The molecule has 0 radical (unpaired) electrons. The molecule has 2 rings (SSSR count). The number of carbonyl (C=O) groups is 1. The van der Waals surface area contributed by atoms with Gasteiger partial charge in [0.1, 0.15) is 5.82 Å². The molecule has 18 heavy (non-hydrogen) atoms. The maximum atomic E-state index is 12.1. The van der Waals surface area contributed by atoms with Crippen LogP contribution in [0.15, 0.2) is 12.3 Å². The molecular formula is C12H16ClN3O2. The van der Waals surface area contributed by atoms with Crippen LogP contribution in [0.5, 0.6) is 0 Å². The minimum atomic E-state index is -0.193. The van der Waals surface area contributed by atoms with Gasteiger partial charge in [-0.2, -0.15) is 0 Å². The summed E-state index contributed by atoms with van der Waals surface area (Å²) in [5.74, 6) is 0.418. The van der Waals surface area contributed by atoms with E-state index in [1.807, 2.05) is 6.92 Å². The Bertz CT molecular complexity index is 453. The lowest BCUT2D eigenvalue weighted by molar-refractivity contribution is 0.0866. The van der Waals surface area contributed by atoms with Gasteiger partial charge in [-0.15, -0.1) is 0 Å². The van der Waals surface area contributed by atoms with Crippen molar-refractivity contribution >= 4 is 23.3 Å². The van der Waals surface area contributed by atoms with E-state index in [-0.39, 0.29) is 18.1 Å². The number of anilines is 1. The van der Waals surface area contributed by atoms with Crippen molar-refractivity contribution in [3.05, 3.63) is 22.8 Å². The third-order valence-corrected chi connectivity index (χ3v) is 3.35. The van der Waals surface area contributed by atoms with Crippen molar-refractivity contribution in [2.45, 2.75) is 25.5 Å². The molecule has 1 aliphatic rings. The van der Waals surface area contributed by atoms with Gasteiger partial charge in [0.15, 0.2) is 0 Å². The van der Waals surface area contributed by atoms with E-state index in [9.17, 15) is 4.79 Å². The molecule has 1 aliphatic heterocycles. The number of ether oxygens (including phenoxy) is 1. The number of rotatable bonds is 3. The molecular weight excluding hydrogens is 254 g/mol. The van der Waals surface area contributed by atoms with Crippen molar-refractivity contribution in [1.29, 1.82) is 0 Å². The molecule has 2 N–H and O–H groups in total. The van der Waals surface area contributed by atoms with Crippen LogP contribution in [0, 0.1) is 0 Å². The van der Waals surface area contributed by atoms with Crippen molar-refractivity contribution < 1.29 is 9.53 Å². The number of hydrogen-bond acceptors (Lipinski definition) is 4. The van der Waals surface area contributed by atoms with E-state index in [1.54, 1.807) is 13.1 Å². The predicted octanol–water partition coefficient (Wildman–Crippen LogP) is 1.68. The Morgan fingerprint density at radius 2 is 2.39 bits per heavy atom. The summed E-state index contributed by atoms with van der Waals surface area (Å²) in [5, 5.41) is 6.16. The normalized spacial score (nSPS) is 22.8. The lowest BCUT2D eigenvalue weighted by Gasteiger charge is -2.16. The van der Waals surface area contributed by atoms with Crippen LogP contribution in [-0.4, -0.2) is 36.7 Å². The molecule has 2 heterocycles. The van der Waals surface area contributed by atoms with Crippen LogP contribution in [0.1, 0.15) is 23.7 Å². The Labute approximate surface area is 111 Å². The number of halogens is 1. The second kappa shape index (κ2) is 5.54. The summed E-state index contributed by atoms with van der Waals surface area (Å²) in [6.07, 6.45) is 2.34. The zero-order valence-corrected chi connectivity index (χ0v) is 11.1. The highest BCUT2D eigenvalue weighted by Crippen LogP contribution is 2.19. The Morgan fingerprint density at radius 3 is 3.00 bits per heavy atom. The van der Waals surface area contributed by atoms with Gasteiger partial charge >= 0.3 is 0 Å². The molecule has 0 aromatic carbocycles. The summed E-state index contributed by atoms with van der Waals surface area (Å²) in [4.78, 5) is 16.2. The SMILES string of the molecule is CNc1cc(C(=O)NC2CCOC2C)c(Cl)cn1. The molecule has 98 valence electrons. The molecule has 0 spiro atoms. The van der Waals surface area contributed by atoms with E-state index in [2.05, 4.69) is 15.6 Å². The number of amides is 1.